The van der Waals surface area contributed by atoms with Crippen LogP contribution in [0.15, 0.2) is 24.3 Å². The van der Waals surface area contributed by atoms with Crippen molar-refractivity contribution in [2.45, 2.75) is 0 Å². The van der Waals surface area contributed by atoms with E-state index in [1.165, 1.54) is 0 Å². The Bertz CT molecular complexity index is 172. The molecule has 1 rings (SSSR count). The van der Waals surface area contributed by atoms with Gasteiger partial charge in [-0.3, -0.25) is 0 Å². The van der Waals surface area contributed by atoms with Crippen molar-refractivity contribution in [1.29, 1.82) is 0 Å². The standard InChI is InChI=1S/C7H9NO2/c1-8-10-7(9)6-4-2-3-5-6/h2-6,8H,1H3/q+1. The van der Waals surface area contributed by atoms with Crippen LogP contribution in [-0.2, 0) is 9.63 Å². The molecule has 0 atom stereocenters. The van der Waals surface area contributed by atoms with Crippen LogP contribution in [0.3, 0.4) is 0 Å². The molecule has 53 valence electrons. The molecule has 1 radical (unpaired) electrons. The first-order valence-electron chi connectivity index (χ1n) is 3.07. The number of carbonyl (C=O) groups is 1. The molecule has 3 heteroatoms. The van der Waals surface area contributed by atoms with Crippen molar-refractivity contribution >= 4 is 5.97 Å². The van der Waals surface area contributed by atoms with Crippen LogP contribution in [0.4, 0.5) is 0 Å². The second-order valence-electron chi connectivity index (χ2n) is 1.92. The van der Waals surface area contributed by atoms with Gasteiger partial charge in [0.25, 0.3) is 0 Å². The molecule has 0 aromatic rings. The molecule has 1 aliphatic rings. The number of nitrogens with one attached hydrogen (secondary N) is 1. The van der Waals surface area contributed by atoms with E-state index in [0.29, 0.717) is 0 Å². The molecule has 0 amide bonds. The molecule has 0 unspecified atom stereocenters. The van der Waals surface area contributed by atoms with Gasteiger partial charge in [-0.2, -0.15) is 4.84 Å². The molecule has 0 aromatic heterocycles. The van der Waals surface area contributed by atoms with E-state index in [-0.39, 0.29) is 11.9 Å². The average Bonchev–Trinajstić information content (AvgIpc) is 2.38. The van der Waals surface area contributed by atoms with Gasteiger partial charge in [-0.15, -0.1) is 0 Å². The quantitative estimate of drug-likeness (QED) is 0.445. The Morgan fingerprint density at radius 3 is 2.60 bits per heavy atom. The van der Waals surface area contributed by atoms with E-state index in [1.54, 1.807) is 19.2 Å². The summed E-state index contributed by atoms with van der Waals surface area (Å²) in [5.74, 6) is -0.472. The lowest BCUT2D eigenvalue weighted by Crippen LogP contribution is -2.20. The van der Waals surface area contributed by atoms with Crippen molar-refractivity contribution in [2.24, 2.45) is 5.92 Å². The van der Waals surface area contributed by atoms with Crippen LogP contribution < -0.4 is 5.48 Å². The molecular formula is C7H9NO2+. The molecule has 1 aliphatic carbocycles. The summed E-state index contributed by atoms with van der Waals surface area (Å²) in [5.41, 5.74) is 2.33. The fraction of sp³-hybridized carbons (Fsp3) is 0.286. The van der Waals surface area contributed by atoms with E-state index in [1.807, 2.05) is 12.2 Å². The van der Waals surface area contributed by atoms with Crippen LogP contribution in [0.2, 0.25) is 0 Å². The van der Waals surface area contributed by atoms with Gasteiger partial charge in [0.1, 0.15) is 0 Å². The molecule has 0 bridgehead atoms. The number of rotatable bonds is 2. The first-order valence-corrected chi connectivity index (χ1v) is 3.07. The smallest absolute Gasteiger partial charge is 0.199 e. The maximum atomic E-state index is 10.9. The summed E-state index contributed by atoms with van der Waals surface area (Å²) in [6.07, 6.45) is 7.20. The summed E-state index contributed by atoms with van der Waals surface area (Å²) in [6.45, 7) is 0. The summed E-state index contributed by atoms with van der Waals surface area (Å²) >= 11 is 0. The highest BCUT2D eigenvalue weighted by molar-refractivity contribution is 5.77. The fourth-order valence-corrected chi connectivity index (χ4v) is 0.758. The largest absolute Gasteiger partial charge is 0.608 e. The monoisotopic (exact) mass is 139 g/mol. The van der Waals surface area contributed by atoms with E-state index >= 15 is 0 Å². The molecule has 1 N–H and O–H groups in total. The third-order valence-corrected chi connectivity index (χ3v) is 1.22. The summed E-state index contributed by atoms with van der Waals surface area (Å²) in [6, 6.07) is 0. The summed E-state index contributed by atoms with van der Waals surface area (Å²) in [4.78, 5) is 15.4. The van der Waals surface area contributed by atoms with Crippen LogP contribution >= 0.6 is 0 Å². The van der Waals surface area contributed by atoms with E-state index in [0.717, 1.165) is 0 Å². The SMILES string of the molecule is CNOC(=[O+])C1C=CC=C1. The predicted octanol–water partition coefficient (Wildman–Crippen LogP) is 0.406. The molecule has 3 nitrogen and oxygen atoms in total. The van der Waals surface area contributed by atoms with Gasteiger partial charge in [0.05, 0.1) is 4.79 Å². The van der Waals surface area contributed by atoms with Crippen LogP contribution in [0, 0.1) is 5.92 Å². The van der Waals surface area contributed by atoms with Crippen molar-refractivity contribution < 1.29 is 9.63 Å². The molecule has 0 heterocycles. The van der Waals surface area contributed by atoms with Crippen LogP contribution in [0.25, 0.3) is 0 Å². The fourth-order valence-electron chi connectivity index (χ4n) is 0.758. The topological polar surface area (TPSA) is 41.2 Å². The Kier molecular flexibility index (Phi) is 2.23. The number of allylic oxidation sites excluding steroid dienone is 2. The van der Waals surface area contributed by atoms with Gasteiger partial charge >= 0.3 is 5.97 Å². The minimum Gasteiger partial charge on any atom is -0.199 e. The summed E-state index contributed by atoms with van der Waals surface area (Å²) in [7, 11) is 1.56. The lowest BCUT2D eigenvalue weighted by molar-refractivity contribution is -0.151. The van der Waals surface area contributed by atoms with Gasteiger partial charge in [0, 0.05) is 7.05 Å². The zero-order valence-corrected chi connectivity index (χ0v) is 5.70. The van der Waals surface area contributed by atoms with E-state index in [4.69, 9.17) is 0 Å². The minimum absolute atomic E-state index is 0.201. The zero-order valence-electron chi connectivity index (χ0n) is 5.70. The van der Waals surface area contributed by atoms with Gasteiger partial charge in [0.15, 0.2) is 5.92 Å². The number of hydrogen-bond acceptors (Lipinski definition) is 3. The lowest BCUT2D eigenvalue weighted by atomic mass is 10.2. The normalized spacial score (nSPS) is 16.1. The first kappa shape index (κ1) is 7.02. The molecular weight excluding hydrogens is 130 g/mol. The predicted molar refractivity (Wildman–Crippen MR) is 36.9 cm³/mol. The molecule has 0 saturated carbocycles. The number of hydroxylamine groups is 1. The Hall–Kier alpha value is -1.09. The minimum atomic E-state index is -0.271. The number of hydrogen-bond donors (Lipinski definition) is 1. The Morgan fingerprint density at radius 2 is 2.10 bits per heavy atom. The Balaban J connectivity index is 2.42. The van der Waals surface area contributed by atoms with E-state index < -0.39 is 0 Å². The van der Waals surface area contributed by atoms with Gasteiger partial charge in [-0.05, 0) is 0 Å². The molecule has 10 heavy (non-hydrogen) atoms. The average molecular weight is 139 g/mol. The molecule has 0 aliphatic heterocycles. The van der Waals surface area contributed by atoms with Crippen LogP contribution in [0.5, 0.6) is 0 Å². The second kappa shape index (κ2) is 3.17. The van der Waals surface area contributed by atoms with Crippen molar-refractivity contribution in [3.8, 4) is 0 Å². The van der Waals surface area contributed by atoms with Gasteiger partial charge in [0.2, 0.25) is 0 Å². The van der Waals surface area contributed by atoms with Crippen molar-refractivity contribution in [1.82, 2.24) is 5.48 Å². The third kappa shape index (κ3) is 1.45. The highest BCUT2D eigenvalue weighted by Crippen LogP contribution is 2.09. The molecule has 0 spiro atoms. The van der Waals surface area contributed by atoms with Crippen molar-refractivity contribution in [3.63, 3.8) is 0 Å². The molecule has 0 fully saturated rings. The van der Waals surface area contributed by atoms with Crippen LogP contribution in [-0.4, -0.2) is 13.0 Å². The molecule has 0 saturated heterocycles. The van der Waals surface area contributed by atoms with E-state index in [9.17, 15) is 4.79 Å². The van der Waals surface area contributed by atoms with Gasteiger partial charge < -0.3 is 0 Å². The Labute approximate surface area is 59.3 Å². The first-order chi connectivity index (χ1) is 4.84. The zero-order chi connectivity index (χ0) is 7.40. The maximum Gasteiger partial charge on any atom is 0.608 e. The van der Waals surface area contributed by atoms with E-state index in [2.05, 4.69) is 10.3 Å². The third-order valence-electron chi connectivity index (χ3n) is 1.22. The highest BCUT2D eigenvalue weighted by atomic mass is 16.7. The van der Waals surface area contributed by atoms with Crippen molar-refractivity contribution in [3.05, 3.63) is 24.3 Å². The highest BCUT2D eigenvalue weighted by Gasteiger charge is 2.27. The van der Waals surface area contributed by atoms with Gasteiger partial charge in [-0.1, -0.05) is 29.8 Å². The van der Waals surface area contributed by atoms with Gasteiger partial charge in [-0.25, -0.2) is 0 Å². The van der Waals surface area contributed by atoms with Crippen LogP contribution in [0.1, 0.15) is 0 Å². The summed E-state index contributed by atoms with van der Waals surface area (Å²) in [5, 5.41) is 0. The lowest BCUT2D eigenvalue weighted by Gasteiger charge is -1.89. The second-order valence-corrected chi connectivity index (χ2v) is 1.92. The van der Waals surface area contributed by atoms with Crippen molar-refractivity contribution in [2.75, 3.05) is 7.05 Å². The molecule has 0 aromatic carbocycles. The summed E-state index contributed by atoms with van der Waals surface area (Å²) < 4.78 is 0. The Morgan fingerprint density at radius 1 is 1.50 bits per heavy atom. The number of carbonyl (C=O) groups excluding carboxylic acids is 1. The maximum absolute atomic E-state index is 10.9.